The summed E-state index contributed by atoms with van der Waals surface area (Å²) in [6, 6.07) is 15.3. The number of nitrogens with one attached hydrogen (secondary N) is 1. The minimum absolute atomic E-state index is 0.361. The quantitative estimate of drug-likeness (QED) is 0.118. The molecule has 10 heteroatoms. The monoisotopic (exact) mass is 569 g/mol. The number of hydrogen-bond acceptors (Lipinski definition) is 7. The summed E-state index contributed by atoms with van der Waals surface area (Å²) in [5.74, 6) is 0.851. The van der Waals surface area contributed by atoms with Crippen LogP contribution in [0.5, 0.6) is 0 Å². The molecule has 0 saturated carbocycles. The molecule has 4 aromatic rings. The Labute approximate surface area is 235 Å². The van der Waals surface area contributed by atoms with Gasteiger partial charge in [0.2, 0.25) is 0 Å². The number of rotatable bonds is 9. The van der Waals surface area contributed by atoms with E-state index < -0.39 is 11.4 Å². The number of fused-ring (bicyclic) bond motifs is 1. The molecule has 0 bridgehead atoms. The van der Waals surface area contributed by atoms with E-state index in [1.165, 1.54) is 22.0 Å². The number of nitrogens with two attached hydrogens (primary N) is 1. The van der Waals surface area contributed by atoms with Gasteiger partial charge >= 0.3 is 0 Å². The Balaban J connectivity index is 1.42. The fraction of sp³-hybridized carbons (Fsp3) is 0.333. The summed E-state index contributed by atoms with van der Waals surface area (Å²) in [5.41, 5.74) is 12.7. The van der Waals surface area contributed by atoms with Gasteiger partial charge in [0.15, 0.2) is 0 Å². The van der Waals surface area contributed by atoms with E-state index >= 15 is 0 Å². The minimum Gasteiger partial charge on any atom is -0.598 e. The van der Waals surface area contributed by atoms with Gasteiger partial charge in [0, 0.05) is 70.6 Å². The molecule has 1 fully saturated rings. The first-order chi connectivity index (χ1) is 17.9. The third kappa shape index (κ3) is 6.22. The lowest BCUT2D eigenvalue weighted by Gasteiger charge is -2.31. The van der Waals surface area contributed by atoms with Crippen LogP contribution < -0.4 is 10.5 Å². The van der Waals surface area contributed by atoms with Crippen molar-refractivity contribution in [2.24, 2.45) is 5.73 Å². The van der Waals surface area contributed by atoms with Crippen LogP contribution in [0.15, 0.2) is 54.0 Å². The van der Waals surface area contributed by atoms with Crippen LogP contribution in [-0.4, -0.2) is 42.7 Å². The molecule has 0 radical (unpaired) electrons. The highest BCUT2D eigenvalue weighted by Crippen LogP contribution is 2.36. The summed E-state index contributed by atoms with van der Waals surface area (Å²) in [4.78, 5) is 4.95. The van der Waals surface area contributed by atoms with Crippen molar-refractivity contribution in [1.29, 1.82) is 0 Å². The number of piperidine rings is 1. The zero-order chi connectivity index (χ0) is 25.9. The Morgan fingerprint density at radius 1 is 1.27 bits per heavy atom. The molecule has 1 aliphatic rings. The lowest BCUT2D eigenvalue weighted by Crippen LogP contribution is -2.38. The van der Waals surface area contributed by atoms with Crippen LogP contribution in [0.4, 0.5) is 0 Å². The maximum atomic E-state index is 12.0. The molecule has 0 amide bonds. The molecule has 194 valence electrons. The van der Waals surface area contributed by atoms with Crippen LogP contribution in [0, 0.1) is 6.92 Å². The number of thiazole rings is 1. The van der Waals surface area contributed by atoms with Crippen LogP contribution in [-0.2, 0) is 23.7 Å². The average Bonchev–Trinajstić information content (AvgIpc) is 3.49. The summed E-state index contributed by atoms with van der Waals surface area (Å²) in [6.45, 7) is 4.49. The second-order valence-corrected chi connectivity index (χ2v) is 13.0. The Morgan fingerprint density at radius 3 is 2.78 bits per heavy atom. The highest BCUT2D eigenvalue weighted by Gasteiger charge is 2.27. The number of aromatic nitrogens is 2. The lowest BCUT2D eigenvalue weighted by molar-refractivity contribution is 0.279. The average molecular weight is 570 g/mol. The summed E-state index contributed by atoms with van der Waals surface area (Å²) >= 11 is 7.70. The fourth-order valence-corrected chi connectivity index (χ4v) is 7.13. The summed E-state index contributed by atoms with van der Waals surface area (Å²) < 4.78 is 20.0. The predicted octanol–water partition coefficient (Wildman–Crippen LogP) is 5.58. The summed E-state index contributed by atoms with van der Waals surface area (Å²) in [5, 5.41) is 4.44. The highest BCUT2D eigenvalue weighted by molar-refractivity contribution is 7.96. The minimum atomic E-state index is -0.918. The highest BCUT2D eigenvalue weighted by atomic mass is 32.2. The molecule has 3 N–H and O–H groups in total. The molecule has 37 heavy (non-hydrogen) atoms. The largest absolute Gasteiger partial charge is 0.598 e. The molecule has 6 nitrogen and oxygen atoms in total. The van der Waals surface area contributed by atoms with E-state index in [1.54, 1.807) is 29.5 Å². The van der Waals surface area contributed by atoms with Gasteiger partial charge in [0.25, 0.3) is 0 Å². The van der Waals surface area contributed by atoms with Gasteiger partial charge < -0.3 is 14.9 Å². The van der Waals surface area contributed by atoms with E-state index in [0.717, 1.165) is 60.1 Å². The fourth-order valence-electron chi connectivity index (χ4n) is 4.89. The van der Waals surface area contributed by atoms with Gasteiger partial charge in [-0.25, -0.2) is 4.98 Å². The van der Waals surface area contributed by atoms with Crippen molar-refractivity contribution in [1.82, 2.24) is 18.6 Å². The second kappa shape index (κ2) is 11.9. The van der Waals surface area contributed by atoms with E-state index in [1.807, 2.05) is 19.1 Å². The molecular formula is C27H31N5OS4. The van der Waals surface area contributed by atoms with Gasteiger partial charge in [-0.3, -0.25) is 4.72 Å². The van der Waals surface area contributed by atoms with Gasteiger partial charge in [-0.15, -0.1) is 15.6 Å². The molecular weight excluding hydrogens is 539 g/mol. The number of aryl methyl sites for hydroxylation is 1. The van der Waals surface area contributed by atoms with E-state index in [2.05, 4.69) is 60.5 Å². The maximum Gasteiger partial charge on any atom is 0.115 e. The van der Waals surface area contributed by atoms with Gasteiger partial charge in [-0.1, -0.05) is 54.5 Å². The zero-order valence-electron chi connectivity index (χ0n) is 21.0. The number of nitrogens with zero attached hydrogens (tertiary/aromatic N) is 3. The topological polar surface area (TPSA) is 82.2 Å². The Hall–Kier alpha value is -1.92. The lowest BCUT2D eigenvalue weighted by atomic mass is 10.0. The standard InChI is InChI=1S/C27H31N5OS4/c1-18-30-22(16-35-18)17-36-29-14-19-6-7-24-25(20-4-3-5-21(13-20)27(28)34)15-32(26(24)12-19)23-8-10-31(11-9-23)37(2)33/h3-7,12-13,15-16,23,29H,8-11,14,17H2,1-2H3,(H2,28,34). The smallest absolute Gasteiger partial charge is 0.115 e. The number of benzene rings is 2. The molecule has 1 aliphatic heterocycles. The molecule has 0 spiro atoms. The molecule has 2 aromatic heterocycles. The predicted molar refractivity (Wildman–Crippen MR) is 162 cm³/mol. The van der Waals surface area contributed by atoms with Crippen LogP contribution in [0.1, 0.15) is 40.7 Å². The zero-order valence-corrected chi connectivity index (χ0v) is 24.2. The van der Waals surface area contributed by atoms with Crippen LogP contribution in [0.2, 0.25) is 0 Å². The van der Waals surface area contributed by atoms with Crippen LogP contribution in [0.25, 0.3) is 22.0 Å². The number of hydrogen-bond donors (Lipinski definition) is 2. The maximum absolute atomic E-state index is 12.0. The first kappa shape index (κ1) is 26.7. The van der Waals surface area contributed by atoms with Crippen molar-refractivity contribution < 1.29 is 4.55 Å². The molecule has 1 atom stereocenters. The normalized spacial score (nSPS) is 15.9. The Kier molecular flexibility index (Phi) is 8.55. The van der Waals surface area contributed by atoms with E-state index in [9.17, 15) is 4.55 Å². The first-order valence-electron chi connectivity index (χ1n) is 12.3. The molecule has 2 aromatic carbocycles. The van der Waals surface area contributed by atoms with Crippen molar-refractivity contribution >= 4 is 62.8 Å². The van der Waals surface area contributed by atoms with Gasteiger partial charge in [-0.2, -0.15) is 0 Å². The SMILES string of the molecule is Cc1nc(CSNCc2ccc3c(-c4cccc(C(N)=S)c4)cn(C4CCN([S+](C)[O-])CC4)c3c2)cs1. The van der Waals surface area contributed by atoms with Crippen molar-refractivity contribution in [3.8, 4) is 11.1 Å². The van der Waals surface area contributed by atoms with Crippen molar-refractivity contribution in [2.75, 3.05) is 19.3 Å². The van der Waals surface area contributed by atoms with Gasteiger partial charge in [0.1, 0.15) is 11.2 Å². The second-order valence-electron chi connectivity index (χ2n) is 9.30. The van der Waals surface area contributed by atoms with Crippen LogP contribution >= 0.6 is 35.5 Å². The van der Waals surface area contributed by atoms with E-state index in [0.29, 0.717) is 11.0 Å². The number of thiocarbonyl (C=S) groups is 1. The van der Waals surface area contributed by atoms with E-state index in [4.69, 9.17) is 18.0 Å². The van der Waals surface area contributed by atoms with Gasteiger partial charge in [0.05, 0.1) is 16.5 Å². The van der Waals surface area contributed by atoms with E-state index in [-0.39, 0.29) is 0 Å². The van der Waals surface area contributed by atoms with Crippen molar-refractivity contribution in [3.05, 3.63) is 75.9 Å². The van der Waals surface area contributed by atoms with Crippen molar-refractivity contribution in [2.45, 2.75) is 38.1 Å². The van der Waals surface area contributed by atoms with Crippen LogP contribution in [0.3, 0.4) is 0 Å². The third-order valence-corrected chi connectivity index (χ3v) is 9.74. The molecule has 3 heterocycles. The molecule has 1 unspecified atom stereocenters. The molecule has 5 rings (SSSR count). The molecule has 1 saturated heterocycles. The summed E-state index contributed by atoms with van der Waals surface area (Å²) in [7, 11) is 0. The summed E-state index contributed by atoms with van der Waals surface area (Å²) in [6.07, 6.45) is 6.00. The first-order valence-corrected chi connectivity index (χ1v) is 16.1. The Morgan fingerprint density at radius 2 is 2.08 bits per heavy atom. The molecule has 0 aliphatic carbocycles. The van der Waals surface area contributed by atoms with Gasteiger partial charge in [-0.05, 0) is 43.0 Å². The third-order valence-electron chi connectivity index (χ3n) is 6.80. The van der Waals surface area contributed by atoms with Crippen molar-refractivity contribution in [3.63, 3.8) is 0 Å². The Bertz CT molecular complexity index is 1390.